The molecule has 0 aliphatic carbocycles. The number of phenolic OH excluding ortho intramolecular Hbond substituents is 1. The van der Waals surface area contributed by atoms with Crippen LogP contribution in [0.5, 0.6) is 5.75 Å². The Kier molecular flexibility index (Phi) is 5.89. The lowest BCUT2D eigenvalue weighted by Crippen LogP contribution is -2.33. The van der Waals surface area contributed by atoms with Crippen molar-refractivity contribution in [2.75, 3.05) is 41.4 Å². The van der Waals surface area contributed by atoms with E-state index in [-0.39, 0.29) is 5.75 Å². The lowest BCUT2D eigenvalue weighted by Gasteiger charge is -2.31. The predicted octanol–water partition coefficient (Wildman–Crippen LogP) is 3.61. The Morgan fingerprint density at radius 2 is 1.57 bits per heavy atom. The van der Waals surface area contributed by atoms with Gasteiger partial charge in [0.2, 0.25) is 5.95 Å². The summed E-state index contributed by atoms with van der Waals surface area (Å²) in [5, 5.41) is 14.2. The molecule has 0 atom stereocenters. The number of rotatable bonds is 5. The fourth-order valence-electron chi connectivity index (χ4n) is 3.76. The zero-order valence-corrected chi connectivity index (χ0v) is 16.2. The Morgan fingerprint density at radius 3 is 2.29 bits per heavy atom. The first-order valence-corrected chi connectivity index (χ1v) is 10.3. The van der Waals surface area contributed by atoms with Crippen LogP contribution in [-0.4, -0.2) is 47.5 Å². The number of anilines is 3. The molecule has 7 nitrogen and oxygen atoms in total. The van der Waals surface area contributed by atoms with Crippen LogP contribution in [0.25, 0.3) is 0 Å². The van der Waals surface area contributed by atoms with Crippen molar-refractivity contribution < 1.29 is 5.11 Å². The van der Waals surface area contributed by atoms with Gasteiger partial charge in [0.05, 0.1) is 6.21 Å². The first-order valence-electron chi connectivity index (χ1n) is 10.3. The summed E-state index contributed by atoms with van der Waals surface area (Å²) in [6.45, 7) is 4.09. The molecule has 7 heteroatoms. The van der Waals surface area contributed by atoms with Gasteiger partial charge in [0.25, 0.3) is 0 Å². The van der Waals surface area contributed by atoms with Gasteiger partial charge in [-0.3, -0.25) is 5.43 Å². The number of hydrogen-bond donors (Lipinski definition) is 2. The van der Waals surface area contributed by atoms with Gasteiger partial charge in [0.15, 0.2) is 5.82 Å². The number of hydrogen-bond acceptors (Lipinski definition) is 7. The van der Waals surface area contributed by atoms with Crippen LogP contribution in [-0.2, 0) is 0 Å². The minimum Gasteiger partial charge on any atom is -0.507 e. The van der Waals surface area contributed by atoms with E-state index in [9.17, 15) is 5.11 Å². The molecule has 0 bridgehead atoms. The second-order valence-electron chi connectivity index (χ2n) is 7.44. The van der Waals surface area contributed by atoms with Crippen LogP contribution >= 0.6 is 0 Å². The van der Waals surface area contributed by atoms with Crippen LogP contribution in [0.1, 0.15) is 44.1 Å². The molecule has 1 aromatic carbocycles. The number of nitrogens with zero attached hydrogens (tertiary/aromatic N) is 5. The zero-order chi connectivity index (χ0) is 19.2. The second kappa shape index (κ2) is 8.91. The molecule has 0 unspecified atom stereocenters. The summed E-state index contributed by atoms with van der Waals surface area (Å²) >= 11 is 0. The summed E-state index contributed by atoms with van der Waals surface area (Å²) in [7, 11) is 0. The van der Waals surface area contributed by atoms with Gasteiger partial charge in [-0.25, -0.2) is 0 Å². The Labute approximate surface area is 166 Å². The van der Waals surface area contributed by atoms with Gasteiger partial charge in [0, 0.05) is 37.8 Å². The van der Waals surface area contributed by atoms with Gasteiger partial charge in [-0.15, -0.1) is 0 Å². The lowest BCUT2D eigenvalue weighted by atomic mass is 10.1. The van der Waals surface area contributed by atoms with Crippen LogP contribution in [0.2, 0.25) is 0 Å². The molecule has 0 amide bonds. The smallest absolute Gasteiger partial charge is 0.229 e. The third kappa shape index (κ3) is 4.52. The molecule has 2 aliphatic heterocycles. The van der Waals surface area contributed by atoms with Crippen LogP contribution in [0.3, 0.4) is 0 Å². The fraction of sp³-hybridized carbons (Fsp3) is 0.476. The first-order chi connectivity index (χ1) is 13.8. The largest absolute Gasteiger partial charge is 0.507 e. The highest BCUT2D eigenvalue weighted by molar-refractivity contribution is 5.83. The summed E-state index contributed by atoms with van der Waals surface area (Å²) in [6, 6.07) is 9.10. The molecule has 0 saturated carbocycles. The van der Waals surface area contributed by atoms with Crippen molar-refractivity contribution in [3.05, 3.63) is 35.9 Å². The van der Waals surface area contributed by atoms with E-state index < -0.39 is 0 Å². The standard InChI is InChI=1S/C21H28N6O/c28-18-10-4-3-9-17(18)16-22-25-19-15-20(26-11-5-1-6-12-26)24-21(23-19)27-13-7-2-8-14-27/h3-4,9-10,15-16,28H,1-2,5-8,11-14H2,(H,23,24,25)/b22-16+. The highest BCUT2D eigenvalue weighted by Gasteiger charge is 2.19. The Hall–Kier alpha value is -2.83. The molecule has 28 heavy (non-hydrogen) atoms. The summed E-state index contributed by atoms with van der Waals surface area (Å²) in [6.07, 6.45) is 8.96. The molecule has 2 N–H and O–H groups in total. The molecule has 0 radical (unpaired) electrons. The van der Waals surface area contributed by atoms with Crippen LogP contribution < -0.4 is 15.2 Å². The number of aromatic hydroxyl groups is 1. The summed E-state index contributed by atoms with van der Waals surface area (Å²) in [5.74, 6) is 2.64. The number of aromatic nitrogens is 2. The average Bonchev–Trinajstić information content (AvgIpc) is 2.76. The van der Waals surface area contributed by atoms with Gasteiger partial charge < -0.3 is 14.9 Å². The normalized spacial score (nSPS) is 17.9. The Balaban J connectivity index is 1.56. The van der Waals surface area contributed by atoms with Gasteiger partial charge >= 0.3 is 0 Å². The molecule has 2 aromatic rings. The molecule has 2 aliphatic rings. The van der Waals surface area contributed by atoms with Crippen LogP contribution in [0.15, 0.2) is 35.4 Å². The Morgan fingerprint density at radius 1 is 0.893 bits per heavy atom. The van der Waals surface area contributed by atoms with Crippen molar-refractivity contribution in [2.45, 2.75) is 38.5 Å². The maximum Gasteiger partial charge on any atom is 0.229 e. The molecule has 148 valence electrons. The number of hydrazone groups is 1. The molecule has 2 fully saturated rings. The highest BCUT2D eigenvalue weighted by Crippen LogP contribution is 2.25. The monoisotopic (exact) mass is 380 g/mol. The number of nitrogens with one attached hydrogen (secondary N) is 1. The number of benzene rings is 1. The quantitative estimate of drug-likeness (QED) is 0.610. The number of para-hydroxylation sites is 1. The third-order valence-electron chi connectivity index (χ3n) is 5.34. The second-order valence-corrected chi connectivity index (χ2v) is 7.44. The van der Waals surface area contributed by atoms with Gasteiger partial charge in [-0.1, -0.05) is 12.1 Å². The van der Waals surface area contributed by atoms with Crippen LogP contribution in [0.4, 0.5) is 17.6 Å². The van der Waals surface area contributed by atoms with E-state index in [0.29, 0.717) is 11.4 Å². The third-order valence-corrected chi connectivity index (χ3v) is 5.34. The SMILES string of the molecule is Oc1ccccc1/C=N/Nc1cc(N2CCCCC2)nc(N2CCCCC2)n1. The minimum atomic E-state index is 0.207. The molecular weight excluding hydrogens is 352 g/mol. The van der Waals surface area contributed by atoms with Crippen molar-refractivity contribution in [1.82, 2.24) is 9.97 Å². The summed E-state index contributed by atoms with van der Waals surface area (Å²) in [5.41, 5.74) is 3.70. The molecule has 3 heterocycles. The zero-order valence-electron chi connectivity index (χ0n) is 16.2. The van der Waals surface area contributed by atoms with Gasteiger partial charge in [-0.2, -0.15) is 15.1 Å². The minimum absolute atomic E-state index is 0.207. The lowest BCUT2D eigenvalue weighted by molar-refractivity contribution is 0.474. The molecule has 2 saturated heterocycles. The predicted molar refractivity (Wildman–Crippen MR) is 113 cm³/mol. The van der Waals surface area contributed by atoms with Crippen molar-refractivity contribution in [2.24, 2.45) is 5.10 Å². The highest BCUT2D eigenvalue weighted by atomic mass is 16.3. The maximum absolute atomic E-state index is 9.88. The molecular formula is C21H28N6O. The van der Waals surface area contributed by atoms with E-state index in [2.05, 4.69) is 20.3 Å². The number of phenols is 1. The summed E-state index contributed by atoms with van der Waals surface area (Å²) < 4.78 is 0. The average molecular weight is 380 g/mol. The topological polar surface area (TPSA) is 76.9 Å². The van der Waals surface area contributed by atoms with E-state index in [4.69, 9.17) is 9.97 Å². The first kappa shape index (κ1) is 18.5. The van der Waals surface area contributed by atoms with Gasteiger partial charge in [0.1, 0.15) is 11.6 Å². The van der Waals surface area contributed by atoms with Crippen molar-refractivity contribution >= 4 is 23.8 Å². The van der Waals surface area contributed by atoms with Crippen LogP contribution in [0, 0.1) is 0 Å². The van der Waals surface area contributed by atoms with E-state index in [1.807, 2.05) is 18.2 Å². The van der Waals surface area contributed by atoms with Crippen molar-refractivity contribution in [3.63, 3.8) is 0 Å². The van der Waals surface area contributed by atoms with Crippen molar-refractivity contribution in [3.8, 4) is 5.75 Å². The molecule has 1 aromatic heterocycles. The van der Waals surface area contributed by atoms with E-state index in [1.165, 1.54) is 38.5 Å². The van der Waals surface area contributed by atoms with Gasteiger partial charge in [-0.05, 0) is 50.7 Å². The fourth-order valence-corrected chi connectivity index (χ4v) is 3.76. The van der Waals surface area contributed by atoms with E-state index in [0.717, 1.165) is 37.9 Å². The number of piperidine rings is 2. The molecule has 0 spiro atoms. The molecule has 4 rings (SSSR count). The maximum atomic E-state index is 9.88. The van der Waals surface area contributed by atoms with E-state index in [1.54, 1.807) is 18.3 Å². The van der Waals surface area contributed by atoms with Crippen molar-refractivity contribution in [1.29, 1.82) is 0 Å². The summed E-state index contributed by atoms with van der Waals surface area (Å²) in [4.78, 5) is 14.2. The Bertz CT molecular complexity index is 776. The van der Waals surface area contributed by atoms with E-state index >= 15 is 0 Å².